The predicted molar refractivity (Wildman–Crippen MR) is 101 cm³/mol. The number of anilines is 1. The molecule has 11 heteroatoms. The highest BCUT2D eigenvalue weighted by Crippen LogP contribution is 2.29. The molecule has 0 aliphatic rings. The molecule has 2 aromatic heterocycles. The highest BCUT2D eigenvalue weighted by molar-refractivity contribution is 7.89. The molecule has 3 rings (SSSR count). The number of nitro groups is 1. The highest BCUT2D eigenvalue weighted by atomic mass is 32.2. The van der Waals surface area contributed by atoms with Crippen LogP contribution in [0.15, 0.2) is 51.3 Å². The molecule has 0 aliphatic heterocycles. The first-order chi connectivity index (χ1) is 12.8. The lowest BCUT2D eigenvalue weighted by atomic mass is 10.3. The van der Waals surface area contributed by atoms with Gasteiger partial charge in [-0.05, 0) is 23.6 Å². The summed E-state index contributed by atoms with van der Waals surface area (Å²) in [4.78, 5) is 15.5. The van der Waals surface area contributed by atoms with E-state index in [1.807, 2.05) is 17.5 Å². The Morgan fingerprint density at radius 3 is 2.78 bits per heavy atom. The van der Waals surface area contributed by atoms with Crippen LogP contribution in [0, 0.1) is 10.1 Å². The van der Waals surface area contributed by atoms with E-state index in [-0.39, 0.29) is 22.8 Å². The molecule has 0 amide bonds. The molecular weight excluding hydrogens is 392 g/mol. The van der Waals surface area contributed by atoms with E-state index in [9.17, 15) is 18.5 Å². The van der Waals surface area contributed by atoms with Gasteiger partial charge in [0.25, 0.3) is 5.69 Å². The van der Waals surface area contributed by atoms with Crippen LogP contribution >= 0.6 is 11.3 Å². The molecule has 0 aliphatic carbocycles. The Labute approximate surface area is 159 Å². The van der Waals surface area contributed by atoms with Gasteiger partial charge in [-0.3, -0.25) is 10.1 Å². The second-order valence-electron chi connectivity index (χ2n) is 5.57. The molecule has 0 atom stereocenters. The second-order valence-corrected chi connectivity index (χ2v) is 8.56. The van der Waals surface area contributed by atoms with Gasteiger partial charge >= 0.3 is 0 Å². The molecule has 0 spiro atoms. The van der Waals surface area contributed by atoms with E-state index in [2.05, 4.69) is 10.3 Å². The quantitative estimate of drug-likeness (QED) is 0.471. The summed E-state index contributed by atoms with van der Waals surface area (Å²) in [5, 5.41) is 15.7. The molecule has 1 aromatic carbocycles. The second kappa shape index (κ2) is 7.47. The van der Waals surface area contributed by atoms with Crippen molar-refractivity contribution in [2.45, 2.75) is 11.4 Å². The highest BCUT2D eigenvalue weighted by Gasteiger charge is 2.26. The number of nitro benzene ring substituents is 1. The zero-order valence-corrected chi connectivity index (χ0v) is 16.1. The molecule has 27 heavy (non-hydrogen) atoms. The number of nitrogens with zero attached hydrogens (tertiary/aromatic N) is 3. The first kappa shape index (κ1) is 19.0. The van der Waals surface area contributed by atoms with Gasteiger partial charge in [-0.25, -0.2) is 13.4 Å². The molecule has 0 unspecified atom stereocenters. The number of oxazole rings is 1. The number of hydrogen-bond acceptors (Lipinski definition) is 8. The van der Waals surface area contributed by atoms with E-state index in [0.717, 1.165) is 15.2 Å². The van der Waals surface area contributed by atoms with E-state index in [4.69, 9.17) is 4.42 Å². The summed E-state index contributed by atoms with van der Waals surface area (Å²) in [6.45, 7) is -0.0290. The summed E-state index contributed by atoms with van der Waals surface area (Å²) in [6, 6.07) is 7.44. The minimum Gasteiger partial charge on any atom is -0.444 e. The van der Waals surface area contributed by atoms with Crippen LogP contribution in [-0.2, 0) is 16.6 Å². The van der Waals surface area contributed by atoms with Crippen LogP contribution in [0.1, 0.15) is 5.69 Å². The molecule has 142 valence electrons. The topological polar surface area (TPSA) is 119 Å². The number of nitrogens with one attached hydrogen (secondary N) is 1. The molecule has 1 N–H and O–H groups in total. The molecule has 2 heterocycles. The predicted octanol–water partition coefficient (Wildman–Crippen LogP) is 3.17. The summed E-state index contributed by atoms with van der Waals surface area (Å²) in [6.07, 6.45) is 1.40. The molecule has 0 bridgehead atoms. The van der Waals surface area contributed by atoms with Crippen molar-refractivity contribution >= 4 is 32.7 Å². The fourth-order valence-corrected chi connectivity index (χ4v) is 4.24. The monoisotopic (exact) mass is 408 g/mol. The van der Waals surface area contributed by atoms with Crippen molar-refractivity contribution < 1.29 is 17.8 Å². The number of thiophene rings is 1. The third kappa shape index (κ3) is 3.84. The van der Waals surface area contributed by atoms with Crippen LogP contribution in [-0.4, -0.2) is 36.7 Å². The Kier molecular flexibility index (Phi) is 5.26. The zero-order chi connectivity index (χ0) is 19.6. The van der Waals surface area contributed by atoms with Crippen LogP contribution in [0.2, 0.25) is 0 Å². The van der Waals surface area contributed by atoms with Crippen LogP contribution in [0.4, 0.5) is 11.4 Å². The number of rotatable bonds is 7. The Hall–Kier alpha value is -2.76. The summed E-state index contributed by atoms with van der Waals surface area (Å²) >= 11 is 1.46. The lowest BCUT2D eigenvalue weighted by Gasteiger charge is -2.16. The van der Waals surface area contributed by atoms with Gasteiger partial charge in [-0.1, -0.05) is 6.07 Å². The van der Waals surface area contributed by atoms with Gasteiger partial charge in [-0.15, -0.1) is 11.3 Å². The molecule has 0 radical (unpaired) electrons. The van der Waals surface area contributed by atoms with Crippen molar-refractivity contribution in [2.75, 3.05) is 19.4 Å². The lowest BCUT2D eigenvalue weighted by molar-refractivity contribution is -0.384. The third-order valence-corrected chi connectivity index (χ3v) is 6.47. The van der Waals surface area contributed by atoms with Gasteiger partial charge in [0.15, 0.2) is 0 Å². The van der Waals surface area contributed by atoms with Gasteiger partial charge in [-0.2, -0.15) is 4.31 Å². The van der Waals surface area contributed by atoms with Crippen molar-refractivity contribution in [2.24, 2.45) is 0 Å². The van der Waals surface area contributed by atoms with E-state index >= 15 is 0 Å². The molecule has 9 nitrogen and oxygen atoms in total. The standard InChI is InChI=1S/C16H16N4O5S2/c1-17-13-6-5-12(8-14(13)20(21)22)27(23,24)19(2)9-11-10-25-16(18-11)15-4-3-7-26-15/h3-8,10,17H,9H2,1-2H3. The molecule has 3 aromatic rings. The Morgan fingerprint density at radius 2 is 2.15 bits per heavy atom. The maximum Gasteiger partial charge on any atom is 0.293 e. The van der Waals surface area contributed by atoms with Crippen LogP contribution in [0.5, 0.6) is 0 Å². The summed E-state index contributed by atoms with van der Waals surface area (Å²) in [5.74, 6) is 0.416. The average molecular weight is 408 g/mol. The van der Waals surface area contributed by atoms with E-state index in [1.54, 1.807) is 0 Å². The minimum atomic E-state index is -3.94. The van der Waals surface area contributed by atoms with Gasteiger partial charge in [0.1, 0.15) is 12.0 Å². The van der Waals surface area contributed by atoms with Crippen molar-refractivity contribution in [3.63, 3.8) is 0 Å². The number of benzene rings is 1. The summed E-state index contributed by atoms with van der Waals surface area (Å²) in [5.41, 5.74) is 0.359. The fraction of sp³-hybridized carbons (Fsp3) is 0.188. The van der Waals surface area contributed by atoms with Crippen molar-refractivity contribution in [1.29, 1.82) is 0 Å². The van der Waals surface area contributed by atoms with Crippen LogP contribution in [0.25, 0.3) is 10.8 Å². The maximum atomic E-state index is 12.8. The average Bonchev–Trinajstić information content (AvgIpc) is 3.32. The van der Waals surface area contributed by atoms with Crippen LogP contribution in [0.3, 0.4) is 0 Å². The summed E-state index contributed by atoms with van der Waals surface area (Å²) in [7, 11) is -1.03. The summed E-state index contributed by atoms with van der Waals surface area (Å²) < 4.78 is 32.0. The number of sulfonamides is 1. The zero-order valence-electron chi connectivity index (χ0n) is 14.4. The smallest absolute Gasteiger partial charge is 0.293 e. The van der Waals surface area contributed by atoms with Crippen molar-refractivity contribution in [3.05, 3.63) is 57.8 Å². The Bertz CT molecular complexity index is 1060. The first-order valence-electron chi connectivity index (χ1n) is 7.73. The number of aromatic nitrogens is 1. The van der Waals surface area contributed by atoms with Gasteiger partial charge in [0.05, 0.1) is 26.9 Å². The van der Waals surface area contributed by atoms with Crippen molar-refractivity contribution in [3.8, 4) is 10.8 Å². The first-order valence-corrected chi connectivity index (χ1v) is 10.1. The van der Waals surface area contributed by atoms with E-state index in [0.29, 0.717) is 11.6 Å². The molecule has 0 fully saturated rings. The minimum absolute atomic E-state index is 0.0290. The Balaban J connectivity index is 1.84. The molecular formula is C16H16N4O5S2. The third-order valence-electron chi connectivity index (χ3n) is 3.81. The van der Waals surface area contributed by atoms with E-state index < -0.39 is 14.9 Å². The SMILES string of the molecule is CNc1ccc(S(=O)(=O)N(C)Cc2coc(-c3cccs3)n2)cc1[N+](=O)[O-]. The Morgan fingerprint density at radius 1 is 1.37 bits per heavy atom. The molecule has 0 saturated carbocycles. The largest absolute Gasteiger partial charge is 0.444 e. The van der Waals surface area contributed by atoms with Gasteiger partial charge < -0.3 is 9.73 Å². The van der Waals surface area contributed by atoms with Crippen LogP contribution < -0.4 is 5.32 Å². The van der Waals surface area contributed by atoms with Gasteiger partial charge in [0, 0.05) is 20.2 Å². The lowest BCUT2D eigenvalue weighted by Crippen LogP contribution is -2.26. The fourth-order valence-electron chi connectivity index (χ4n) is 2.42. The number of hydrogen-bond donors (Lipinski definition) is 1. The normalized spacial score (nSPS) is 11.7. The maximum absolute atomic E-state index is 12.8. The van der Waals surface area contributed by atoms with Crippen molar-refractivity contribution in [1.82, 2.24) is 9.29 Å². The van der Waals surface area contributed by atoms with Gasteiger partial charge in [0.2, 0.25) is 15.9 Å². The van der Waals surface area contributed by atoms with E-state index in [1.165, 1.54) is 43.8 Å². The molecule has 0 saturated heterocycles.